The Bertz CT molecular complexity index is 190. The van der Waals surface area contributed by atoms with Crippen LogP contribution >= 0.6 is 0 Å². The van der Waals surface area contributed by atoms with E-state index in [1.54, 1.807) is 6.92 Å². The van der Waals surface area contributed by atoms with Gasteiger partial charge in [-0.1, -0.05) is 0 Å². The van der Waals surface area contributed by atoms with Crippen molar-refractivity contribution in [2.45, 2.75) is 19.4 Å². The van der Waals surface area contributed by atoms with E-state index in [9.17, 15) is 8.42 Å². The molecule has 0 aliphatic rings. The van der Waals surface area contributed by atoms with Crippen molar-refractivity contribution in [1.29, 1.82) is 0 Å². The molecule has 6 heteroatoms. The summed E-state index contributed by atoms with van der Waals surface area (Å²) in [6.07, 6.45) is 0.418. The summed E-state index contributed by atoms with van der Waals surface area (Å²) in [6, 6.07) is -0.238. The minimum absolute atomic E-state index is 0.0204. The summed E-state index contributed by atoms with van der Waals surface area (Å²) >= 11 is 0. The van der Waals surface area contributed by atoms with Gasteiger partial charge in [-0.25, -0.2) is 4.72 Å². The topological polar surface area (TPSA) is 78.4 Å². The number of hydrogen-bond acceptors (Lipinski definition) is 3. The van der Waals surface area contributed by atoms with Crippen LogP contribution in [-0.2, 0) is 10.2 Å². The second-order valence-electron chi connectivity index (χ2n) is 2.24. The van der Waals surface area contributed by atoms with Gasteiger partial charge in [0.05, 0.1) is 0 Å². The molecule has 0 aliphatic carbocycles. The lowest BCUT2D eigenvalue weighted by Crippen LogP contribution is -2.40. The maximum atomic E-state index is 10.8. The summed E-state index contributed by atoms with van der Waals surface area (Å²) in [5.41, 5.74) is 0. The fourth-order valence-corrected chi connectivity index (χ4v) is 1.34. The molecule has 68 valence electrons. The lowest BCUT2D eigenvalue weighted by molar-refractivity contribution is 0.275. The first-order valence-corrected chi connectivity index (χ1v) is 4.82. The number of aliphatic hydroxyl groups is 1. The molecule has 0 radical (unpaired) electrons. The highest BCUT2D eigenvalue weighted by atomic mass is 32.2. The second kappa shape index (κ2) is 4.66. The van der Waals surface area contributed by atoms with Crippen LogP contribution < -0.4 is 9.44 Å². The van der Waals surface area contributed by atoms with Gasteiger partial charge in [-0.15, -0.1) is 0 Å². The van der Waals surface area contributed by atoms with Gasteiger partial charge in [0.15, 0.2) is 0 Å². The van der Waals surface area contributed by atoms with Gasteiger partial charge >= 0.3 is 0 Å². The molecule has 0 fully saturated rings. The van der Waals surface area contributed by atoms with E-state index in [0.29, 0.717) is 6.42 Å². The van der Waals surface area contributed by atoms with E-state index < -0.39 is 10.2 Å². The zero-order valence-electron chi connectivity index (χ0n) is 6.66. The Morgan fingerprint density at radius 3 is 2.45 bits per heavy atom. The number of rotatable bonds is 5. The Morgan fingerprint density at radius 2 is 2.09 bits per heavy atom. The molecule has 3 N–H and O–H groups in total. The smallest absolute Gasteiger partial charge is 0.276 e. The molecule has 0 rings (SSSR count). The third-order valence-corrected chi connectivity index (χ3v) is 2.44. The van der Waals surface area contributed by atoms with E-state index in [4.69, 9.17) is 5.11 Å². The van der Waals surface area contributed by atoms with Gasteiger partial charge in [0.25, 0.3) is 10.2 Å². The highest BCUT2D eigenvalue weighted by Gasteiger charge is 2.09. The van der Waals surface area contributed by atoms with Gasteiger partial charge in [0.1, 0.15) is 0 Å². The standard InChI is InChI=1S/C5H14N2O3S/c1-5(3-4-8)7-11(9,10)6-2/h5-8H,3-4H2,1-2H3. The summed E-state index contributed by atoms with van der Waals surface area (Å²) < 4.78 is 26.0. The third-order valence-electron chi connectivity index (χ3n) is 1.19. The van der Waals surface area contributed by atoms with Crippen LogP contribution in [0.2, 0.25) is 0 Å². The summed E-state index contributed by atoms with van der Waals surface area (Å²) in [7, 11) is -2.02. The van der Waals surface area contributed by atoms with Gasteiger partial charge < -0.3 is 5.11 Å². The molecular formula is C5H14N2O3S. The lowest BCUT2D eigenvalue weighted by Gasteiger charge is -2.11. The highest BCUT2D eigenvalue weighted by molar-refractivity contribution is 7.87. The largest absolute Gasteiger partial charge is 0.396 e. The average molecular weight is 182 g/mol. The van der Waals surface area contributed by atoms with Crippen LogP contribution in [0.1, 0.15) is 13.3 Å². The molecule has 0 aromatic rings. The van der Waals surface area contributed by atoms with Crippen LogP contribution in [0.5, 0.6) is 0 Å². The quantitative estimate of drug-likeness (QED) is 0.500. The predicted octanol–water partition coefficient (Wildman–Crippen LogP) is -1.19. The van der Waals surface area contributed by atoms with E-state index in [2.05, 4.69) is 9.44 Å². The Hall–Kier alpha value is -0.170. The Balaban J connectivity index is 3.84. The van der Waals surface area contributed by atoms with Crippen molar-refractivity contribution in [2.75, 3.05) is 13.7 Å². The van der Waals surface area contributed by atoms with E-state index in [1.807, 2.05) is 0 Å². The Kier molecular flexibility index (Phi) is 4.58. The lowest BCUT2D eigenvalue weighted by atomic mass is 10.3. The van der Waals surface area contributed by atoms with Crippen molar-refractivity contribution in [3.05, 3.63) is 0 Å². The first kappa shape index (κ1) is 10.8. The van der Waals surface area contributed by atoms with Gasteiger partial charge in [0, 0.05) is 19.7 Å². The molecule has 0 bridgehead atoms. The maximum Gasteiger partial charge on any atom is 0.276 e. The van der Waals surface area contributed by atoms with Gasteiger partial charge in [-0.3, -0.25) is 0 Å². The Morgan fingerprint density at radius 1 is 1.55 bits per heavy atom. The average Bonchev–Trinajstić information content (AvgIpc) is 1.87. The van der Waals surface area contributed by atoms with Gasteiger partial charge in [-0.2, -0.15) is 13.1 Å². The fourth-order valence-electron chi connectivity index (χ4n) is 0.576. The van der Waals surface area contributed by atoms with Crippen molar-refractivity contribution in [3.63, 3.8) is 0 Å². The minimum Gasteiger partial charge on any atom is -0.396 e. The molecule has 0 aromatic carbocycles. The number of hydrogen-bond donors (Lipinski definition) is 3. The van der Waals surface area contributed by atoms with Crippen LogP contribution in [0, 0.1) is 0 Å². The maximum absolute atomic E-state index is 10.8. The molecule has 0 spiro atoms. The molecule has 0 heterocycles. The van der Waals surface area contributed by atoms with Crippen molar-refractivity contribution < 1.29 is 13.5 Å². The first-order chi connectivity index (χ1) is 5.02. The van der Waals surface area contributed by atoms with Crippen LogP contribution in [0.3, 0.4) is 0 Å². The highest BCUT2D eigenvalue weighted by Crippen LogP contribution is 1.89. The van der Waals surface area contributed by atoms with Gasteiger partial charge in [-0.05, 0) is 13.3 Å². The van der Waals surface area contributed by atoms with E-state index in [-0.39, 0.29) is 12.6 Å². The van der Waals surface area contributed by atoms with Crippen LogP contribution in [0.25, 0.3) is 0 Å². The van der Waals surface area contributed by atoms with Crippen LogP contribution in [0.4, 0.5) is 0 Å². The first-order valence-electron chi connectivity index (χ1n) is 3.33. The molecule has 0 saturated heterocycles. The zero-order valence-corrected chi connectivity index (χ0v) is 7.48. The molecule has 11 heavy (non-hydrogen) atoms. The van der Waals surface area contributed by atoms with Crippen molar-refractivity contribution in [2.24, 2.45) is 0 Å². The molecule has 0 aromatic heterocycles. The summed E-state index contributed by atoms with van der Waals surface area (Å²) in [5.74, 6) is 0. The van der Waals surface area contributed by atoms with E-state index in [1.165, 1.54) is 7.05 Å². The zero-order chi connectivity index (χ0) is 8.91. The van der Waals surface area contributed by atoms with Crippen molar-refractivity contribution in [1.82, 2.24) is 9.44 Å². The minimum atomic E-state index is -3.35. The third kappa shape index (κ3) is 5.14. The monoisotopic (exact) mass is 182 g/mol. The Labute approximate surface area is 67.0 Å². The molecule has 5 nitrogen and oxygen atoms in total. The van der Waals surface area contributed by atoms with Gasteiger partial charge in [0.2, 0.25) is 0 Å². The van der Waals surface area contributed by atoms with Crippen LogP contribution in [0.15, 0.2) is 0 Å². The normalized spacial score (nSPS) is 14.8. The number of nitrogens with one attached hydrogen (secondary N) is 2. The predicted molar refractivity (Wildman–Crippen MR) is 42.3 cm³/mol. The second-order valence-corrected chi connectivity index (χ2v) is 3.89. The summed E-state index contributed by atoms with van der Waals surface area (Å²) in [6.45, 7) is 1.67. The molecule has 1 unspecified atom stereocenters. The fraction of sp³-hybridized carbons (Fsp3) is 1.00. The molecule has 0 saturated carbocycles. The molecule has 0 amide bonds. The van der Waals surface area contributed by atoms with E-state index in [0.717, 1.165) is 0 Å². The van der Waals surface area contributed by atoms with Crippen LogP contribution in [-0.4, -0.2) is 33.2 Å². The van der Waals surface area contributed by atoms with Crippen molar-refractivity contribution in [3.8, 4) is 0 Å². The number of aliphatic hydroxyl groups excluding tert-OH is 1. The molecular weight excluding hydrogens is 168 g/mol. The summed E-state index contributed by atoms with van der Waals surface area (Å²) in [5, 5.41) is 8.45. The summed E-state index contributed by atoms with van der Waals surface area (Å²) in [4.78, 5) is 0. The SMILES string of the molecule is CNS(=O)(=O)NC(C)CCO. The molecule has 1 atom stereocenters. The van der Waals surface area contributed by atoms with Crippen molar-refractivity contribution >= 4 is 10.2 Å². The molecule has 0 aliphatic heterocycles. The van der Waals surface area contributed by atoms with E-state index >= 15 is 0 Å².